The first-order valence-corrected chi connectivity index (χ1v) is 22.6. The minimum absolute atomic E-state index is 0.00678. The number of hydrogen-bond acceptors (Lipinski definition) is 5. The average molecular weight is 706 g/mol. The number of hydrogen-bond donors (Lipinski definition) is 0. The van der Waals surface area contributed by atoms with Crippen molar-refractivity contribution < 1.29 is 19.1 Å². The Balaban J connectivity index is 2.37. The van der Waals surface area contributed by atoms with E-state index in [1.807, 2.05) is 0 Å². The molecule has 5 heteroatoms. The average Bonchev–Trinajstić information content (AvgIpc) is 3.11. The largest absolute Gasteiger partial charge is 0.466 e. The van der Waals surface area contributed by atoms with Crippen LogP contribution in [-0.2, 0) is 19.1 Å². The van der Waals surface area contributed by atoms with Crippen molar-refractivity contribution in [3.8, 4) is 0 Å². The Kier molecular flexibility index (Phi) is 31.6. The van der Waals surface area contributed by atoms with Crippen molar-refractivity contribution in [1.29, 1.82) is 0 Å². The number of likely N-dealkylation sites (tertiary alicyclic amines) is 1. The van der Waals surface area contributed by atoms with Crippen LogP contribution in [0.2, 0.25) is 0 Å². The molecule has 0 saturated carbocycles. The summed E-state index contributed by atoms with van der Waals surface area (Å²) >= 11 is 0. The molecule has 5 nitrogen and oxygen atoms in total. The van der Waals surface area contributed by atoms with Gasteiger partial charge in [-0.15, -0.1) is 0 Å². The molecule has 0 radical (unpaired) electrons. The van der Waals surface area contributed by atoms with Gasteiger partial charge in [-0.2, -0.15) is 0 Å². The lowest BCUT2D eigenvalue weighted by molar-refractivity contribution is -0.150. The van der Waals surface area contributed by atoms with Gasteiger partial charge in [0.1, 0.15) is 6.10 Å². The highest BCUT2D eigenvalue weighted by Crippen LogP contribution is 2.40. The molecule has 0 N–H and O–H groups in total. The van der Waals surface area contributed by atoms with Crippen molar-refractivity contribution >= 4 is 11.9 Å². The SMILES string of the molecule is CCCCCCCCCCCOC(=O)CCCC1(CCCCCC(=O)OC(CCCCCCCC)CCCCCCCC)CCCN(CC)C1. The van der Waals surface area contributed by atoms with E-state index in [0.717, 1.165) is 64.5 Å². The van der Waals surface area contributed by atoms with Gasteiger partial charge >= 0.3 is 11.9 Å². The van der Waals surface area contributed by atoms with Crippen molar-refractivity contribution in [3.63, 3.8) is 0 Å². The van der Waals surface area contributed by atoms with E-state index in [1.54, 1.807) is 0 Å². The molecule has 1 aliphatic heterocycles. The summed E-state index contributed by atoms with van der Waals surface area (Å²) in [6, 6.07) is 0. The van der Waals surface area contributed by atoms with Crippen LogP contribution in [0.3, 0.4) is 0 Å². The number of esters is 2. The summed E-state index contributed by atoms with van der Waals surface area (Å²) in [7, 11) is 0. The Morgan fingerprint density at radius 1 is 0.560 bits per heavy atom. The number of ether oxygens (including phenoxy) is 2. The van der Waals surface area contributed by atoms with E-state index in [2.05, 4.69) is 32.6 Å². The van der Waals surface area contributed by atoms with E-state index in [1.165, 1.54) is 154 Å². The first-order chi connectivity index (χ1) is 24.5. The molecule has 0 amide bonds. The van der Waals surface area contributed by atoms with E-state index in [9.17, 15) is 9.59 Å². The van der Waals surface area contributed by atoms with Crippen LogP contribution < -0.4 is 0 Å². The molecule has 1 unspecified atom stereocenters. The molecule has 1 atom stereocenters. The maximum atomic E-state index is 12.9. The zero-order chi connectivity index (χ0) is 36.4. The van der Waals surface area contributed by atoms with Crippen LogP contribution in [0, 0.1) is 5.41 Å². The van der Waals surface area contributed by atoms with E-state index >= 15 is 0 Å². The van der Waals surface area contributed by atoms with E-state index < -0.39 is 0 Å². The number of nitrogens with zero attached hydrogens (tertiary/aromatic N) is 1. The minimum atomic E-state index is -0.00678. The third kappa shape index (κ3) is 26.6. The van der Waals surface area contributed by atoms with Gasteiger partial charge in [-0.1, -0.05) is 156 Å². The summed E-state index contributed by atoms with van der Waals surface area (Å²) in [5.41, 5.74) is 0.297. The highest BCUT2D eigenvalue weighted by atomic mass is 16.5. The molecule has 0 aromatic heterocycles. The van der Waals surface area contributed by atoms with Gasteiger partial charge in [-0.05, 0) is 89.1 Å². The first kappa shape index (κ1) is 46.9. The van der Waals surface area contributed by atoms with Gasteiger partial charge in [-0.25, -0.2) is 0 Å². The number of carbonyl (C=O) groups excluding carboxylic acids is 2. The molecular weight excluding hydrogens is 618 g/mol. The van der Waals surface area contributed by atoms with Crippen LogP contribution in [0.1, 0.15) is 240 Å². The summed E-state index contributed by atoms with van der Waals surface area (Å²) in [5.74, 6) is 0.0186. The smallest absolute Gasteiger partial charge is 0.306 e. The van der Waals surface area contributed by atoms with E-state index in [-0.39, 0.29) is 18.0 Å². The Morgan fingerprint density at radius 2 is 1.04 bits per heavy atom. The second-order valence-electron chi connectivity index (χ2n) is 16.2. The molecule has 1 saturated heterocycles. The van der Waals surface area contributed by atoms with Gasteiger partial charge in [0.25, 0.3) is 0 Å². The highest BCUT2D eigenvalue weighted by Gasteiger charge is 2.34. The van der Waals surface area contributed by atoms with Gasteiger partial charge in [-0.3, -0.25) is 9.59 Å². The minimum Gasteiger partial charge on any atom is -0.466 e. The topological polar surface area (TPSA) is 55.8 Å². The van der Waals surface area contributed by atoms with Crippen LogP contribution in [0.15, 0.2) is 0 Å². The maximum Gasteiger partial charge on any atom is 0.306 e. The number of rotatable bonds is 36. The summed E-state index contributed by atoms with van der Waals surface area (Å²) in [6.07, 6.45) is 39.2. The lowest BCUT2D eigenvalue weighted by Crippen LogP contribution is -2.43. The number of piperidine rings is 1. The van der Waals surface area contributed by atoms with Crippen molar-refractivity contribution in [3.05, 3.63) is 0 Å². The lowest BCUT2D eigenvalue weighted by Gasteiger charge is -2.43. The maximum absolute atomic E-state index is 12.9. The predicted molar refractivity (Wildman–Crippen MR) is 215 cm³/mol. The summed E-state index contributed by atoms with van der Waals surface area (Å²) < 4.78 is 11.7. The number of carbonyl (C=O) groups is 2. The number of unbranched alkanes of at least 4 members (excludes halogenated alkanes) is 20. The van der Waals surface area contributed by atoms with Gasteiger partial charge in [0.05, 0.1) is 6.61 Å². The van der Waals surface area contributed by atoms with Crippen LogP contribution in [0.5, 0.6) is 0 Å². The van der Waals surface area contributed by atoms with Gasteiger partial charge in [0, 0.05) is 19.4 Å². The Morgan fingerprint density at radius 3 is 1.60 bits per heavy atom. The fourth-order valence-electron chi connectivity index (χ4n) is 8.15. The summed E-state index contributed by atoms with van der Waals surface area (Å²) in [4.78, 5) is 28.1. The van der Waals surface area contributed by atoms with Crippen molar-refractivity contribution in [1.82, 2.24) is 4.90 Å². The second kappa shape index (κ2) is 33.7. The first-order valence-electron chi connectivity index (χ1n) is 22.6. The highest BCUT2D eigenvalue weighted by molar-refractivity contribution is 5.69. The fourth-order valence-corrected chi connectivity index (χ4v) is 8.15. The molecule has 50 heavy (non-hydrogen) atoms. The lowest BCUT2D eigenvalue weighted by atomic mass is 9.72. The van der Waals surface area contributed by atoms with Crippen LogP contribution in [0.4, 0.5) is 0 Å². The van der Waals surface area contributed by atoms with E-state index in [0.29, 0.717) is 24.9 Å². The molecule has 0 bridgehead atoms. The third-order valence-electron chi connectivity index (χ3n) is 11.4. The molecule has 0 aromatic rings. The monoisotopic (exact) mass is 706 g/mol. The van der Waals surface area contributed by atoms with Crippen molar-refractivity contribution in [2.45, 2.75) is 246 Å². The summed E-state index contributed by atoms with van der Waals surface area (Å²) in [6.45, 7) is 13.1. The van der Waals surface area contributed by atoms with E-state index in [4.69, 9.17) is 9.47 Å². The van der Waals surface area contributed by atoms with Gasteiger partial charge in [0.2, 0.25) is 0 Å². The molecule has 1 aliphatic rings. The van der Waals surface area contributed by atoms with Crippen LogP contribution >= 0.6 is 0 Å². The second-order valence-corrected chi connectivity index (χ2v) is 16.2. The van der Waals surface area contributed by atoms with Crippen molar-refractivity contribution in [2.75, 3.05) is 26.2 Å². The molecule has 1 rings (SSSR count). The van der Waals surface area contributed by atoms with Crippen LogP contribution in [0.25, 0.3) is 0 Å². The normalized spacial score (nSPS) is 16.7. The van der Waals surface area contributed by atoms with Gasteiger partial charge in [0.15, 0.2) is 0 Å². The van der Waals surface area contributed by atoms with Crippen LogP contribution in [-0.4, -0.2) is 49.2 Å². The summed E-state index contributed by atoms with van der Waals surface area (Å²) in [5, 5.41) is 0. The predicted octanol–water partition coefficient (Wildman–Crippen LogP) is 13.7. The Hall–Kier alpha value is -1.10. The Bertz CT molecular complexity index is 756. The molecular formula is C45H87NO4. The molecule has 1 fully saturated rings. The fraction of sp³-hybridized carbons (Fsp3) is 0.956. The standard InChI is InChI=1S/C45H87NO4/c1-5-9-12-15-18-19-20-23-29-40-49-43(47)35-30-37-45(38-31-39-46(8-4)41-45)36-28-24-27-34-44(48)50-42(32-25-21-16-13-10-6-2)33-26-22-17-14-11-7-3/h42H,5-41H2,1-4H3. The van der Waals surface area contributed by atoms with Gasteiger partial charge < -0.3 is 14.4 Å². The zero-order valence-corrected chi connectivity index (χ0v) is 34.3. The Labute approximate surface area is 312 Å². The molecule has 1 heterocycles. The quantitative estimate of drug-likeness (QED) is 0.0480. The zero-order valence-electron chi connectivity index (χ0n) is 34.3. The molecule has 0 spiro atoms. The molecule has 0 aromatic carbocycles. The molecule has 296 valence electrons. The van der Waals surface area contributed by atoms with Crippen molar-refractivity contribution in [2.24, 2.45) is 5.41 Å². The third-order valence-corrected chi connectivity index (χ3v) is 11.4. The molecule has 0 aliphatic carbocycles.